The van der Waals surface area contributed by atoms with Gasteiger partial charge in [-0.25, -0.2) is 0 Å². The van der Waals surface area contributed by atoms with Gasteiger partial charge >= 0.3 is 0 Å². The van der Waals surface area contributed by atoms with Crippen LogP contribution in [0.25, 0.3) is 0 Å². The van der Waals surface area contributed by atoms with Gasteiger partial charge in [0.1, 0.15) is 6.61 Å². The first-order valence-corrected chi connectivity index (χ1v) is 7.84. The van der Waals surface area contributed by atoms with E-state index in [2.05, 4.69) is 15.9 Å². The highest BCUT2D eigenvalue weighted by Gasteiger charge is 2.11. The fourth-order valence-corrected chi connectivity index (χ4v) is 2.21. The molecule has 0 saturated heterocycles. The zero-order valence-corrected chi connectivity index (χ0v) is 14.1. The number of hydrogen-bond acceptors (Lipinski definition) is 4. The number of alkyl halides is 1. The summed E-state index contributed by atoms with van der Waals surface area (Å²) in [5, 5.41) is 1.25. The Labute approximate surface area is 133 Å². The average Bonchev–Trinajstić information content (AvgIpc) is 2.47. The third kappa shape index (κ3) is 5.87. The zero-order chi connectivity index (χ0) is 14.8. The van der Waals surface area contributed by atoms with Crippen LogP contribution >= 0.6 is 27.5 Å². The molecule has 0 radical (unpaired) electrons. The third-order valence-corrected chi connectivity index (χ3v) is 3.48. The summed E-state index contributed by atoms with van der Waals surface area (Å²) in [5.74, 6) is 1.19. The summed E-state index contributed by atoms with van der Waals surface area (Å²) >= 11 is 9.58. The molecule has 0 aliphatic carbocycles. The Kier molecular flexibility index (Phi) is 9.02. The van der Waals surface area contributed by atoms with E-state index in [9.17, 15) is 0 Å². The fourth-order valence-electron chi connectivity index (χ4n) is 1.60. The first kappa shape index (κ1) is 17.6. The van der Waals surface area contributed by atoms with Crippen molar-refractivity contribution in [2.24, 2.45) is 0 Å². The molecule has 0 fully saturated rings. The van der Waals surface area contributed by atoms with Crippen LogP contribution in [0.1, 0.15) is 12.0 Å². The Balaban J connectivity index is 2.43. The lowest BCUT2D eigenvalue weighted by atomic mass is 10.2. The Bertz CT molecular complexity index is 401. The van der Waals surface area contributed by atoms with Gasteiger partial charge in [0.2, 0.25) is 0 Å². The van der Waals surface area contributed by atoms with E-state index < -0.39 is 0 Å². The molecule has 1 rings (SSSR count). The molecule has 1 aromatic carbocycles. The van der Waals surface area contributed by atoms with Crippen molar-refractivity contribution in [3.63, 3.8) is 0 Å². The summed E-state index contributed by atoms with van der Waals surface area (Å²) in [4.78, 5) is 0. The quantitative estimate of drug-likeness (QED) is 0.467. The van der Waals surface area contributed by atoms with Crippen LogP contribution in [0, 0.1) is 0 Å². The molecule has 0 bridgehead atoms. The van der Waals surface area contributed by atoms with Crippen LogP contribution in [0.4, 0.5) is 0 Å². The summed E-state index contributed by atoms with van der Waals surface area (Å²) in [6.07, 6.45) is 0.876. The van der Waals surface area contributed by atoms with Gasteiger partial charge < -0.3 is 18.9 Å². The Morgan fingerprint density at radius 1 is 1.10 bits per heavy atom. The van der Waals surface area contributed by atoms with E-state index in [0.717, 1.165) is 12.0 Å². The third-order valence-electron chi connectivity index (χ3n) is 2.55. The second-order valence-electron chi connectivity index (χ2n) is 4.05. The highest BCUT2D eigenvalue weighted by molar-refractivity contribution is 9.08. The Morgan fingerprint density at radius 3 is 2.55 bits per heavy atom. The molecule has 0 heterocycles. The zero-order valence-electron chi connectivity index (χ0n) is 11.8. The van der Waals surface area contributed by atoms with Crippen molar-refractivity contribution in [3.8, 4) is 11.5 Å². The number of hydrogen-bond donors (Lipinski definition) is 0. The molecule has 0 spiro atoms. The van der Waals surface area contributed by atoms with Crippen LogP contribution in [-0.2, 0) is 14.8 Å². The van der Waals surface area contributed by atoms with Crippen molar-refractivity contribution in [3.05, 3.63) is 22.7 Å². The molecule has 4 nitrogen and oxygen atoms in total. The second-order valence-corrected chi connectivity index (χ2v) is 5.02. The van der Waals surface area contributed by atoms with Crippen LogP contribution in [-0.4, -0.2) is 40.6 Å². The lowest BCUT2D eigenvalue weighted by Gasteiger charge is -2.13. The lowest BCUT2D eigenvalue weighted by Crippen LogP contribution is -2.09. The highest BCUT2D eigenvalue weighted by atomic mass is 79.9. The lowest BCUT2D eigenvalue weighted by molar-refractivity contribution is 0.0800. The minimum absolute atomic E-state index is 0.427. The van der Waals surface area contributed by atoms with Gasteiger partial charge in [-0.1, -0.05) is 27.5 Å². The number of ether oxygens (including phenoxy) is 4. The van der Waals surface area contributed by atoms with Gasteiger partial charge in [-0.15, -0.1) is 0 Å². The molecular formula is C14H20BrClO4. The van der Waals surface area contributed by atoms with E-state index in [1.807, 2.05) is 12.1 Å². The van der Waals surface area contributed by atoms with Gasteiger partial charge in [-0.3, -0.25) is 0 Å². The molecule has 0 aliphatic heterocycles. The summed E-state index contributed by atoms with van der Waals surface area (Å²) in [6, 6.07) is 3.75. The number of halogens is 2. The molecule has 0 atom stereocenters. The molecule has 114 valence electrons. The van der Waals surface area contributed by atoms with Crippen LogP contribution < -0.4 is 9.47 Å². The first-order valence-electron chi connectivity index (χ1n) is 6.34. The van der Waals surface area contributed by atoms with Crippen molar-refractivity contribution < 1.29 is 18.9 Å². The second kappa shape index (κ2) is 10.3. The number of benzene rings is 1. The van der Waals surface area contributed by atoms with E-state index >= 15 is 0 Å². The fraction of sp³-hybridized carbons (Fsp3) is 0.571. The van der Waals surface area contributed by atoms with Crippen molar-refractivity contribution in [2.45, 2.75) is 11.8 Å². The molecule has 1 aromatic rings. The van der Waals surface area contributed by atoms with Crippen LogP contribution in [0.3, 0.4) is 0 Å². The highest BCUT2D eigenvalue weighted by Crippen LogP contribution is 2.36. The maximum absolute atomic E-state index is 6.19. The van der Waals surface area contributed by atoms with Crippen molar-refractivity contribution in [1.82, 2.24) is 0 Å². The molecule has 0 aliphatic rings. The van der Waals surface area contributed by atoms with Crippen LogP contribution in [0.5, 0.6) is 11.5 Å². The van der Waals surface area contributed by atoms with Gasteiger partial charge in [0.05, 0.1) is 18.7 Å². The molecule has 0 saturated carbocycles. The van der Waals surface area contributed by atoms with E-state index in [4.69, 9.17) is 30.5 Å². The Morgan fingerprint density at radius 2 is 1.90 bits per heavy atom. The van der Waals surface area contributed by atoms with Gasteiger partial charge in [0.25, 0.3) is 0 Å². The first-order chi connectivity index (χ1) is 9.72. The molecule has 0 unspecified atom stereocenters. The molecule has 6 heteroatoms. The largest absolute Gasteiger partial charge is 0.493 e. The van der Waals surface area contributed by atoms with Crippen molar-refractivity contribution >= 4 is 27.5 Å². The van der Waals surface area contributed by atoms with Gasteiger partial charge in [-0.05, 0) is 24.1 Å². The summed E-state index contributed by atoms with van der Waals surface area (Å²) in [5.41, 5.74) is 1.04. The monoisotopic (exact) mass is 366 g/mol. The van der Waals surface area contributed by atoms with E-state index in [-0.39, 0.29) is 0 Å². The average molecular weight is 368 g/mol. The number of rotatable bonds is 10. The van der Waals surface area contributed by atoms with Crippen molar-refractivity contribution in [1.29, 1.82) is 0 Å². The minimum atomic E-state index is 0.427. The SMILES string of the molecule is COCCCOCCOc1c(Cl)cc(CBr)cc1OC. The van der Waals surface area contributed by atoms with E-state index in [0.29, 0.717) is 48.3 Å². The Hall–Kier alpha value is -0.490. The van der Waals surface area contributed by atoms with E-state index in [1.165, 1.54) is 0 Å². The maximum Gasteiger partial charge on any atom is 0.179 e. The van der Waals surface area contributed by atoms with Gasteiger partial charge in [-0.2, -0.15) is 0 Å². The predicted octanol–water partition coefficient (Wildman–Crippen LogP) is 3.68. The van der Waals surface area contributed by atoms with E-state index in [1.54, 1.807) is 14.2 Å². The van der Waals surface area contributed by atoms with Crippen molar-refractivity contribution in [2.75, 3.05) is 40.6 Å². The standard InChI is InChI=1S/C14H20BrClO4/c1-17-4-3-5-19-6-7-20-14-12(16)8-11(10-15)9-13(14)18-2/h8-9H,3-7,10H2,1-2H3. The van der Waals surface area contributed by atoms with Crippen LogP contribution in [0.2, 0.25) is 5.02 Å². The summed E-state index contributed by atoms with van der Waals surface area (Å²) in [6.45, 7) is 2.29. The smallest absolute Gasteiger partial charge is 0.179 e. The molecule has 20 heavy (non-hydrogen) atoms. The normalized spacial score (nSPS) is 10.6. The minimum Gasteiger partial charge on any atom is -0.493 e. The molecular weight excluding hydrogens is 348 g/mol. The number of methoxy groups -OCH3 is 2. The van der Waals surface area contributed by atoms with Gasteiger partial charge in [0, 0.05) is 25.7 Å². The summed E-state index contributed by atoms with van der Waals surface area (Å²) in [7, 11) is 3.27. The molecule has 0 N–H and O–H groups in total. The van der Waals surface area contributed by atoms with Crippen LogP contribution in [0.15, 0.2) is 12.1 Å². The molecule has 0 aromatic heterocycles. The topological polar surface area (TPSA) is 36.9 Å². The predicted molar refractivity (Wildman–Crippen MR) is 83.4 cm³/mol. The molecule has 0 amide bonds. The maximum atomic E-state index is 6.19. The summed E-state index contributed by atoms with van der Waals surface area (Å²) < 4.78 is 21.3. The van der Waals surface area contributed by atoms with Gasteiger partial charge in [0.15, 0.2) is 11.5 Å².